The van der Waals surface area contributed by atoms with E-state index in [-0.39, 0.29) is 23.2 Å². The SMILES string of the molecule is CC(=O)c1cccc(-n2c(CCl)nnc2C(F)(F)F)c1. The predicted octanol–water partition coefficient (Wildman–Crippen LogP) is 3.23. The molecule has 2 aromatic rings. The van der Waals surface area contributed by atoms with E-state index >= 15 is 0 Å². The summed E-state index contributed by atoms with van der Waals surface area (Å²) in [5, 5.41) is 6.56. The molecule has 0 atom stereocenters. The summed E-state index contributed by atoms with van der Waals surface area (Å²) in [6.07, 6.45) is -4.66. The normalized spacial score (nSPS) is 11.7. The zero-order valence-corrected chi connectivity index (χ0v) is 11.0. The van der Waals surface area contributed by atoms with Crippen molar-refractivity contribution in [2.75, 3.05) is 0 Å². The standard InChI is InChI=1S/C12H9ClF3N3O/c1-7(20)8-3-2-4-9(5-8)19-10(6-13)17-18-11(19)12(14,15)16/h2-5H,6H2,1H3. The van der Waals surface area contributed by atoms with Crippen molar-refractivity contribution >= 4 is 17.4 Å². The molecule has 4 nitrogen and oxygen atoms in total. The third-order valence-corrected chi connectivity index (χ3v) is 2.85. The zero-order valence-electron chi connectivity index (χ0n) is 10.3. The van der Waals surface area contributed by atoms with Gasteiger partial charge < -0.3 is 0 Å². The minimum Gasteiger partial charge on any atom is -0.295 e. The molecule has 0 saturated heterocycles. The number of rotatable bonds is 3. The molecule has 1 heterocycles. The molecule has 0 N–H and O–H groups in total. The highest BCUT2D eigenvalue weighted by Crippen LogP contribution is 2.30. The number of benzene rings is 1. The molecule has 8 heteroatoms. The van der Waals surface area contributed by atoms with E-state index in [1.807, 2.05) is 0 Å². The van der Waals surface area contributed by atoms with Gasteiger partial charge in [0.05, 0.1) is 5.88 Å². The van der Waals surface area contributed by atoms with Gasteiger partial charge in [0, 0.05) is 11.3 Å². The van der Waals surface area contributed by atoms with E-state index in [0.717, 1.165) is 4.57 Å². The Morgan fingerprint density at radius 2 is 2.05 bits per heavy atom. The number of hydrogen-bond acceptors (Lipinski definition) is 3. The maximum atomic E-state index is 12.9. The van der Waals surface area contributed by atoms with Gasteiger partial charge in [-0.3, -0.25) is 9.36 Å². The second kappa shape index (κ2) is 5.24. The van der Waals surface area contributed by atoms with Gasteiger partial charge in [0.15, 0.2) is 11.6 Å². The Hall–Kier alpha value is -1.89. The number of alkyl halides is 4. The summed E-state index contributed by atoms with van der Waals surface area (Å²) in [4.78, 5) is 11.3. The van der Waals surface area contributed by atoms with Gasteiger partial charge in [-0.2, -0.15) is 13.2 Å². The molecule has 0 fully saturated rings. The Kier molecular flexibility index (Phi) is 3.80. The van der Waals surface area contributed by atoms with Gasteiger partial charge in [0.25, 0.3) is 0 Å². The van der Waals surface area contributed by atoms with Crippen molar-refractivity contribution in [3.63, 3.8) is 0 Å². The quantitative estimate of drug-likeness (QED) is 0.646. The van der Waals surface area contributed by atoms with Crippen molar-refractivity contribution in [2.24, 2.45) is 0 Å². The highest BCUT2D eigenvalue weighted by atomic mass is 35.5. The maximum Gasteiger partial charge on any atom is 0.452 e. The van der Waals surface area contributed by atoms with E-state index in [0.29, 0.717) is 5.56 Å². The summed E-state index contributed by atoms with van der Waals surface area (Å²) in [5.74, 6) is -1.69. The highest BCUT2D eigenvalue weighted by Gasteiger charge is 2.38. The van der Waals surface area contributed by atoms with Crippen molar-refractivity contribution in [1.29, 1.82) is 0 Å². The summed E-state index contributed by atoms with van der Waals surface area (Å²) >= 11 is 5.59. The average molecular weight is 304 g/mol. The molecule has 0 unspecified atom stereocenters. The highest BCUT2D eigenvalue weighted by molar-refractivity contribution is 6.16. The number of nitrogens with zero attached hydrogens (tertiary/aromatic N) is 3. The Morgan fingerprint density at radius 1 is 1.35 bits per heavy atom. The summed E-state index contributed by atoms with van der Waals surface area (Å²) in [6, 6.07) is 5.78. The van der Waals surface area contributed by atoms with Crippen molar-refractivity contribution in [2.45, 2.75) is 19.0 Å². The van der Waals surface area contributed by atoms with Crippen LogP contribution < -0.4 is 0 Å². The lowest BCUT2D eigenvalue weighted by Crippen LogP contribution is -2.15. The third kappa shape index (κ3) is 2.67. The smallest absolute Gasteiger partial charge is 0.295 e. The predicted molar refractivity (Wildman–Crippen MR) is 65.9 cm³/mol. The lowest BCUT2D eigenvalue weighted by molar-refractivity contribution is -0.146. The number of hydrogen-bond donors (Lipinski definition) is 0. The molecule has 20 heavy (non-hydrogen) atoms. The summed E-state index contributed by atoms with van der Waals surface area (Å²) in [6.45, 7) is 1.33. The van der Waals surface area contributed by atoms with Gasteiger partial charge in [0.2, 0.25) is 5.82 Å². The first-order valence-electron chi connectivity index (χ1n) is 5.53. The van der Waals surface area contributed by atoms with Gasteiger partial charge >= 0.3 is 6.18 Å². The minimum absolute atomic E-state index is 0.0420. The van der Waals surface area contributed by atoms with Crippen LogP contribution in [0.5, 0.6) is 0 Å². The Morgan fingerprint density at radius 3 is 2.60 bits per heavy atom. The fourth-order valence-electron chi connectivity index (χ4n) is 1.72. The third-order valence-electron chi connectivity index (χ3n) is 2.61. The molecular formula is C12H9ClF3N3O. The number of carbonyl (C=O) groups is 1. The van der Waals surface area contributed by atoms with E-state index in [9.17, 15) is 18.0 Å². The molecule has 0 aliphatic rings. The molecule has 0 aliphatic heterocycles. The minimum atomic E-state index is -4.66. The second-order valence-corrected chi connectivity index (χ2v) is 4.28. The summed E-state index contributed by atoms with van der Waals surface area (Å²) < 4.78 is 39.5. The number of carbonyl (C=O) groups excluding carboxylic acids is 1. The Bertz CT molecular complexity index is 652. The molecule has 1 aromatic carbocycles. The molecule has 106 valence electrons. The van der Waals surface area contributed by atoms with Crippen molar-refractivity contribution < 1.29 is 18.0 Å². The van der Waals surface area contributed by atoms with Crippen LogP contribution in [0.4, 0.5) is 13.2 Å². The van der Waals surface area contributed by atoms with Crippen molar-refractivity contribution in [1.82, 2.24) is 14.8 Å². The number of halogens is 4. The van der Waals surface area contributed by atoms with Crippen LogP contribution in [0.3, 0.4) is 0 Å². The van der Waals surface area contributed by atoms with Crippen LogP contribution in [0, 0.1) is 0 Å². The molecule has 0 radical (unpaired) electrons. The maximum absolute atomic E-state index is 12.9. The second-order valence-electron chi connectivity index (χ2n) is 4.01. The van der Waals surface area contributed by atoms with Crippen LogP contribution in [0.1, 0.15) is 28.9 Å². The molecule has 0 saturated carbocycles. The first kappa shape index (κ1) is 14.5. The number of Topliss-reactive ketones (excluding diaryl/α,β-unsaturated/α-hetero) is 1. The number of ketones is 1. The number of aromatic nitrogens is 3. The fourth-order valence-corrected chi connectivity index (χ4v) is 1.89. The Labute approximate surface area is 117 Å². The molecule has 0 spiro atoms. The van der Waals surface area contributed by atoms with Gasteiger partial charge in [-0.1, -0.05) is 12.1 Å². The largest absolute Gasteiger partial charge is 0.452 e. The van der Waals surface area contributed by atoms with Crippen molar-refractivity contribution in [3.8, 4) is 5.69 Å². The summed E-state index contributed by atoms with van der Waals surface area (Å²) in [7, 11) is 0. The molecule has 0 bridgehead atoms. The van der Waals surface area contributed by atoms with Crippen LogP contribution >= 0.6 is 11.6 Å². The van der Waals surface area contributed by atoms with E-state index in [4.69, 9.17) is 11.6 Å². The van der Waals surface area contributed by atoms with Gasteiger partial charge in [-0.05, 0) is 19.1 Å². The van der Waals surface area contributed by atoms with Gasteiger partial charge in [-0.25, -0.2) is 0 Å². The van der Waals surface area contributed by atoms with E-state index in [2.05, 4.69) is 10.2 Å². The van der Waals surface area contributed by atoms with E-state index < -0.39 is 12.0 Å². The molecule has 0 aliphatic carbocycles. The van der Waals surface area contributed by atoms with Crippen LogP contribution in [-0.2, 0) is 12.1 Å². The summed E-state index contributed by atoms with van der Waals surface area (Å²) in [5.41, 5.74) is 0.440. The lowest BCUT2D eigenvalue weighted by Gasteiger charge is -2.12. The van der Waals surface area contributed by atoms with Crippen molar-refractivity contribution in [3.05, 3.63) is 41.5 Å². The van der Waals surface area contributed by atoms with E-state index in [1.165, 1.54) is 31.2 Å². The van der Waals surface area contributed by atoms with Gasteiger partial charge in [0.1, 0.15) is 0 Å². The first-order chi connectivity index (χ1) is 9.34. The van der Waals surface area contributed by atoms with Crippen LogP contribution in [-0.4, -0.2) is 20.5 Å². The average Bonchev–Trinajstić information content (AvgIpc) is 2.82. The monoisotopic (exact) mass is 303 g/mol. The van der Waals surface area contributed by atoms with Crippen LogP contribution in [0.2, 0.25) is 0 Å². The molecule has 1 aromatic heterocycles. The van der Waals surface area contributed by atoms with Gasteiger partial charge in [-0.15, -0.1) is 21.8 Å². The first-order valence-corrected chi connectivity index (χ1v) is 6.07. The Balaban J connectivity index is 2.65. The zero-order chi connectivity index (χ0) is 14.9. The fraction of sp³-hybridized carbons (Fsp3) is 0.250. The lowest BCUT2D eigenvalue weighted by atomic mass is 10.1. The molecule has 2 rings (SSSR count). The van der Waals surface area contributed by atoms with E-state index in [1.54, 1.807) is 0 Å². The molecular weight excluding hydrogens is 295 g/mol. The van der Waals surface area contributed by atoms with Crippen LogP contribution in [0.25, 0.3) is 5.69 Å². The molecule has 0 amide bonds. The van der Waals surface area contributed by atoms with Crippen LogP contribution in [0.15, 0.2) is 24.3 Å². The topological polar surface area (TPSA) is 47.8 Å².